The second-order valence-corrected chi connectivity index (χ2v) is 3.94. The first kappa shape index (κ1) is 9.89. The van der Waals surface area contributed by atoms with Gasteiger partial charge in [-0.05, 0) is 19.1 Å². The zero-order chi connectivity index (χ0) is 12.0. The Kier molecular flexibility index (Phi) is 1.95. The van der Waals surface area contributed by atoms with E-state index in [1.165, 1.54) is 6.07 Å². The zero-order valence-electron chi connectivity index (χ0n) is 9.12. The van der Waals surface area contributed by atoms with Crippen LogP contribution in [0.2, 0.25) is 0 Å². The third kappa shape index (κ3) is 1.47. The highest BCUT2D eigenvalue weighted by molar-refractivity contribution is 5.88. The van der Waals surface area contributed by atoms with E-state index in [2.05, 4.69) is 10.1 Å². The van der Waals surface area contributed by atoms with Gasteiger partial charge < -0.3 is 15.2 Å². The molecule has 0 atom stereocenters. The fourth-order valence-corrected chi connectivity index (χ4v) is 1.87. The predicted octanol–water partition coefficient (Wildman–Crippen LogP) is 2.85. The van der Waals surface area contributed by atoms with E-state index < -0.39 is 5.82 Å². The van der Waals surface area contributed by atoms with Crippen LogP contribution < -0.4 is 5.73 Å². The summed E-state index contributed by atoms with van der Waals surface area (Å²) in [5.74, 6) is 0.290. The number of nitrogen functional groups attached to an aromatic ring is 1. The molecule has 2 aromatic heterocycles. The molecule has 5 heteroatoms. The number of anilines is 1. The number of hydrogen-bond acceptors (Lipinski definition) is 3. The van der Waals surface area contributed by atoms with Gasteiger partial charge in [0.15, 0.2) is 0 Å². The Morgan fingerprint density at radius 1 is 1.35 bits per heavy atom. The smallest absolute Gasteiger partial charge is 0.148 e. The van der Waals surface area contributed by atoms with E-state index in [1.807, 2.05) is 13.0 Å². The van der Waals surface area contributed by atoms with Crippen LogP contribution in [0.4, 0.5) is 10.1 Å². The van der Waals surface area contributed by atoms with Crippen LogP contribution in [0.1, 0.15) is 5.76 Å². The molecular weight excluding hydrogens is 221 g/mol. The Labute approximate surface area is 96.2 Å². The third-order valence-corrected chi connectivity index (χ3v) is 2.78. The van der Waals surface area contributed by atoms with Crippen LogP contribution in [0.5, 0.6) is 0 Å². The predicted molar refractivity (Wildman–Crippen MR) is 62.9 cm³/mol. The van der Waals surface area contributed by atoms with E-state index in [0.29, 0.717) is 11.3 Å². The van der Waals surface area contributed by atoms with Gasteiger partial charge in [-0.3, -0.25) is 0 Å². The molecule has 0 unspecified atom stereocenters. The molecule has 86 valence electrons. The van der Waals surface area contributed by atoms with Crippen molar-refractivity contribution in [3.05, 3.63) is 36.0 Å². The molecule has 0 amide bonds. The van der Waals surface area contributed by atoms with Gasteiger partial charge in [-0.25, -0.2) is 4.39 Å². The van der Waals surface area contributed by atoms with E-state index in [9.17, 15) is 4.39 Å². The summed E-state index contributed by atoms with van der Waals surface area (Å²) in [6, 6.07) is 4.88. The minimum atomic E-state index is -0.423. The summed E-state index contributed by atoms with van der Waals surface area (Å²) in [7, 11) is 0. The number of rotatable bonds is 1. The van der Waals surface area contributed by atoms with Crippen LogP contribution in [-0.2, 0) is 0 Å². The monoisotopic (exact) mass is 231 g/mol. The quantitative estimate of drug-likeness (QED) is 0.633. The topological polar surface area (TPSA) is 67.8 Å². The van der Waals surface area contributed by atoms with Crippen LogP contribution >= 0.6 is 0 Å². The van der Waals surface area contributed by atoms with E-state index in [-0.39, 0.29) is 5.69 Å². The average Bonchev–Trinajstić information content (AvgIpc) is 2.85. The number of halogens is 1. The normalized spacial score (nSPS) is 11.2. The van der Waals surface area contributed by atoms with Gasteiger partial charge in [0.2, 0.25) is 0 Å². The Morgan fingerprint density at radius 2 is 2.18 bits per heavy atom. The zero-order valence-corrected chi connectivity index (χ0v) is 9.12. The Balaban J connectivity index is 2.24. The van der Waals surface area contributed by atoms with Crippen LogP contribution in [0.3, 0.4) is 0 Å². The van der Waals surface area contributed by atoms with Gasteiger partial charge in [-0.2, -0.15) is 0 Å². The van der Waals surface area contributed by atoms with Gasteiger partial charge in [-0.15, -0.1) is 0 Å². The van der Waals surface area contributed by atoms with Crippen molar-refractivity contribution >= 4 is 16.6 Å². The van der Waals surface area contributed by atoms with Gasteiger partial charge in [0.05, 0.1) is 23.1 Å². The number of benzene rings is 1. The first-order valence-electron chi connectivity index (χ1n) is 5.14. The number of aromatic amines is 1. The number of nitrogens with one attached hydrogen (secondary N) is 1. The van der Waals surface area contributed by atoms with Crippen LogP contribution in [0, 0.1) is 12.7 Å². The second kappa shape index (κ2) is 3.35. The molecule has 0 aliphatic rings. The number of hydrogen-bond donors (Lipinski definition) is 2. The maximum atomic E-state index is 13.3. The van der Waals surface area contributed by atoms with Crippen molar-refractivity contribution in [2.45, 2.75) is 6.92 Å². The highest BCUT2D eigenvalue weighted by atomic mass is 19.1. The highest BCUT2D eigenvalue weighted by Gasteiger charge is 2.10. The lowest BCUT2D eigenvalue weighted by molar-refractivity contribution is 0.398. The molecule has 0 fully saturated rings. The lowest BCUT2D eigenvalue weighted by Gasteiger charge is -1.95. The number of H-pyrrole nitrogens is 1. The van der Waals surface area contributed by atoms with Crippen molar-refractivity contribution in [2.24, 2.45) is 0 Å². The van der Waals surface area contributed by atoms with E-state index >= 15 is 0 Å². The molecule has 0 saturated heterocycles. The Morgan fingerprint density at radius 3 is 2.88 bits per heavy atom. The standard InChI is InChI=1S/C12H10FN3O/c1-6-8(5-15-17-6)12-3-7-2-10(14)9(13)4-11(7)16-12/h2-5,16H,14H2,1H3. The van der Waals surface area contributed by atoms with Crippen LogP contribution in [-0.4, -0.2) is 10.1 Å². The molecule has 1 aromatic carbocycles. The number of nitrogens with two attached hydrogens (primary N) is 1. The summed E-state index contributed by atoms with van der Waals surface area (Å²) >= 11 is 0. The minimum Gasteiger partial charge on any atom is -0.396 e. The average molecular weight is 231 g/mol. The molecule has 3 aromatic rings. The SMILES string of the molecule is Cc1oncc1-c1cc2cc(N)c(F)cc2[nH]1. The number of aryl methyl sites for hydroxylation is 1. The molecule has 3 rings (SSSR count). The van der Waals surface area contributed by atoms with Crippen molar-refractivity contribution in [3.8, 4) is 11.3 Å². The first-order valence-corrected chi connectivity index (χ1v) is 5.14. The molecule has 0 bridgehead atoms. The van der Waals surface area contributed by atoms with Gasteiger partial charge in [-0.1, -0.05) is 5.16 Å². The summed E-state index contributed by atoms with van der Waals surface area (Å²) in [5, 5.41) is 4.57. The third-order valence-electron chi connectivity index (χ3n) is 2.78. The Hall–Kier alpha value is -2.30. The summed E-state index contributed by atoms with van der Waals surface area (Å²) in [6.45, 7) is 1.82. The molecule has 0 spiro atoms. The summed E-state index contributed by atoms with van der Waals surface area (Å²) < 4.78 is 18.3. The van der Waals surface area contributed by atoms with E-state index in [1.54, 1.807) is 12.3 Å². The van der Waals surface area contributed by atoms with Gasteiger partial charge in [0.25, 0.3) is 0 Å². The summed E-state index contributed by atoms with van der Waals surface area (Å²) in [6.07, 6.45) is 1.62. The fraction of sp³-hybridized carbons (Fsp3) is 0.0833. The molecule has 3 N–H and O–H groups in total. The maximum Gasteiger partial charge on any atom is 0.148 e. The number of aromatic nitrogens is 2. The molecule has 0 aliphatic carbocycles. The molecule has 2 heterocycles. The van der Waals surface area contributed by atoms with Gasteiger partial charge in [0, 0.05) is 17.0 Å². The molecule has 4 nitrogen and oxygen atoms in total. The lowest BCUT2D eigenvalue weighted by atomic mass is 10.2. The van der Waals surface area contributed by atoms with Gasteiger partial charge >= 0.3 is 0 Å². The van der Waals surface area contributed by atoms with Crippen molar-refractivity contribution in [1.29, 1.82) is 0 Å². The highest BCUT2D eigenvalue weighted by Crippen LogP contribution is 2.28. The largest absolute Gasteiger partial charge is 0.396 e. The van der Waals surface area contributed by atoms with Gasteiger partial charge in [0.1, 0.15) is 11.6 Å². The lowest BCUT2D eigenvalue weighted by Crippen LogP contribution is -1.88. The maximum absolute atomic E-state index is 13.3. The molecule has 0 radical (unpaired) electrons. The van der Waals surface area contributed by atoms with Crippen LogP contribution in [0.15, 0.2) is 28.9 Å². The molecule has 0 aliphatic heterocycles. The molecular formula is C12H10FN3O. The van der Waals surface area contributed by atoms with E-state index in [0.717, 1.165) is 16.6 Å². The first-order chi connectivity index (χ1) is 8.15. The molecule has 17 heavy (non-hydrogen) atoms. The number of nitrogens with zero attached hydrogens (tertiary/aromatic N) is 1. The minimum absolute atomic E-state index is 0.144. The Bertz CT molecular complexity index is 660. The summed E-state index contributed by atoms with van der Waals surface area (Å²) in [5.41, 5.74) is 8.07. The fourth-order valence-electron chi connectivity index (χ4n) is 1.87. The van der Waals surface area contributed by atoms with E-state index in [4.69, 9.17) is 10.3 Å². The van der Waals surface area contributed by atoms with Crippen LogP contribution in [0.25, 0.3) is 22.2 Å². The number of fused-ring (bicyclic) bond motifs is 1. The second-order valence-electron chi connectivity index (χ2n) is 3.94. The van der Waals surface area contributed by atoms with Crippen molar-refractivity contribution in [1.82, 2.24) is 10.1 Å². The van der Waals surface area contributed by atoms with Crippen molar-refractivity contribution < 1.29 is 8.91 Å². The molecule has 0 saturated carbocycles. The summed E-state index contributed by atoms with van der Waals surface area (Å²) in [4.78, 5) is 3.11. The van der Waals surface area contributed by atoms with Crippen molar-refractivity contribution in [2.75, 3.05) is 5.73 Å². The van der Waals surface area contributed by atoms with Crippen molar-refractivity contribution in [3.63, 3.8) is 0 Å².